The molecular weight excluding hydrogens is 252 g/mol. The van der Waals surface area contributed by atoms with E-state index < -0.39 is 6.10 Å². The van der Waals surface area contributed by atoms with Crippen LogP contribution in [0, 0.1) is 16.7 Å². The SMILES string of the molecule is CCC1(CNCC(O)COc2cccc(C#N)c2)CC1. The van der Waals surface area contributed by atoms with Crippen LogP contribution in [0.2, 0.25) is 0 Å². The maximum absolute atomic E-state index is 9.87. The number of benzene rings is 1. The van der Waals surface area contributed by atoms with Crippen LogP contribution in [0.3, 0.4) is 0 Å². The molecule has 1 saturated carbocycles. The van der Waals surface area contributed by atoms with Gasteiger partial charge in [0.25, 0.3) is 0 Å². The van der Waals surface area contributed by atoms with Gasteiger partial charge in [0.1, 0.15) is 18.5 Å². The third-order valence-electron chi connectivity index (χ3n) is 3.99. The molecule has 20 heavy (non-hydrogen) atoms. The summed E-state index contributed by atoms with van der Waals surface area (Å²) in [6.45, 7) is 3.97. The molecule has 1 atom stereocenters. The number of hydrogen-bond acceptors (Lipinski definition) is 4. The second kappa shape index (κ2) is 6.74. The molecule has 0 amide bonds. The van der Waals surface area contributed by atoms with E-state index in [2.05, 4.69) is 18.3 Å². The zero-order chi connectivity index (χ0) is 14.4. The van der Waals surface area contributed by atoms with Gasteiger partial charge in [-0.15, -0.1) is 0 Å². The number of nitriles is 1. The summed E-state index contributed by atoms with van der Waals surface area (Å²) < 4.78 is 5.49. The smallest absolute Gasteiger partial charge is 0.120 e. The molecule has 1 aliphatic rings. The fraction of sp³-hybridized carbons (Fsp3) is 0.562. The van der Waals surface area contributed by atoms with Crippen LogP contribution in [-0.2, 0) is 0 Å². The van der Waals surface area contributed by atoms with Crippen LogP contribution in [0.1, 0.15) is 31.7 Å². The van der Waals surface area contributed by atoms with E-state index in [1.165, 1.54) is 19.3 Å². The van der Waals surface area contributed by atoms with Gasteiger partial charge in [-0.1, -0.05) is 13.0 Å². The van der Waals surface area contributed by atoms with E-state index in [9.17, 15) is 5.11 Å². The highest BCUT2D eigenvalue weighted by Crippen LogP contribution is 2.47. The largest absolute Gasteiger partial charge is 0.491 e. The number of hydrogen-bond donors (Lipinski definition) is 2. The molecule has 1 aliphatic carbocycles. The Labute approximate surface area is 120 Å². The number of ether oxygens (including phenoxy) is 1. The molecule has 0 bridgehead atoms. The molecule has 1 unspecified atom stereocenters. The van der Waals surface area contributed by atoms with E-state index >= 15 is 0 Å². The second-order valence-electron chi connectivity index (χ2n) is 5.59. The third-order valence-corrected chi connectivity index (χ3v) is 3.99. The summed E-state index contributed by atoms with van der Waals surface area (Å²) in [5.74, 6) is 0.621. The lowest BCUT2D eigenvalue weighted by Crippen LogP contribution is -2.34. The molecule has 0 radical (unpaired) electrons. The average Bonchev–Trinajstić information content (AvgIpc) is 3.26. The molecule has 0 heterocycles. The van der Waals surface area contributed by atoms with Crippen LogP contribution < -0.4 is 10.1 Å². The summed E-state index contributed by atoms with van der Waals surface area (Å²) in [5.41, 5.74) is 1.05. The van der Waals surface area contributed by atoms with Gasteiger partial charge in [-0.05, 0) is 42.9 Å². The fourth-order valence-electron chi connectivity index (χ4n) is 2.24. The van der Waals surface area contributed by atoms with Gasteiger partial charge in [-0.3, -0.25) is 0 Å². The average molecular weight is 274 g/mol. The van der Waals surface area contributed by atoms with Gasteiger partial charge in [-0.25, -0.2) is 0 Å². The highest BCUT2D eigenvalue weighted by Gasteiger charge is 2.39. The predicted molar refractivity (Wildman–Crippen MR) is 77.5 cm³/mol. The molecular formula is C16H22N2O2. The van der Waals surface area contributed by atoms with Crippen molar-refractivity contribution in [2.75, 3.05) is 19.7 Å². The number of nitrogens with zero attached hydrogens (tertiary/aromatic N) is 1. The molecule has 2 rings (SSSR count). The van der Waals surface area contributed by atoms with Gasteiger partial charge in [-0.2, -0.15) is 5.26 Å². The lowest BCUT2D eigenvalue weighted by molar-refractivity contribution is 0.105. The first-order valence-electron chi connectivity index (χ1n) is 7.19. The minimum atomic E-state index is -0.534. The first kappa shape index (κ1) is 14.8. The molecule has 4 heteroatoms. The van der Waals surface area contributed by atoms with E-state index in [1.807, 2.05) is 0 Å². The Hall–Kier alpha value is -1.57. The van der Waals surface area contributed by atoms with Crippen LogP contribution in [0.5, 0.6) is 5.75 Å². The Morgan fingerprint density at radius 3 is 2.95 bits per heavy atom. The van der Waals surface area contributed by atoms with E-state index in [1.54, 1.807) is 24.3 Å². The molecule has 4 nitrogen and oxygen atoms in total. The van der Waals surface area contributed by atoms with Crippen molar-refractivity contribution in [2.24, 2.45) is 5.41 Å². The standard InChI is InChI=1S/C16H22N2O2/c1-2-16(6-7-16)12-18-10-14(19)11-20-15-5-3-4-13(8-15)9-17/h3-5,8,14,18-19H,2,6-7,10-12H2,1H3. The molecule has 0 aromatic heterocycles. The highest BCUT2D eigenvalue weighted by atomic mass is 16.5. The Morgan fingerprint density at radius 1 is 1.50 bits per heavy atom. The first-order valence-corrected chi connectivity index (χ1v) is 7.19. The van der Waals surface area contributed by atoms with Gasteiger partial charge in [0, 0.05) is 13.1 Å². The molecule has 108 valence electrons. The van der Waals surface area contributed by atoms with Crippen molar-refractivity contribution in [3.05, 3.63) is 29.8 Å². The maximum Gasteiger partial charge on any atom is 0.120 e. The van der Waals surface area contributed by atoms with Crippen LogP contribution in [0.25, 0.3) is 0 Å². The summed E-state index contributed by atoms with van der Waals surface area (Å²) in [6, 6.07) is 9.03. The lowest BCUT2D eigenvalue weighted by atomic mass is 10.0. The molecule has 1 fully saturated rings. The Bertz CT molecular complexity index is 478. The van der Waals surface area contributed by atoms with Crippen molar-refractivity contribution in [3.8, 4) is 11.8 Å². The zero-order valence-corrected chi connectivity index (χ0v) is 11.9. The molecule has 1 aromatic rings. The summed E-state index contributed by atoms with van der Waals surface area (Å²) in [7, 11) is 0. The number of nitrogens with one attached hydrogen (secondary N) is 1. The van der Waals surface area contributed by atoms with Crippen molar-refractivity contribution in [1.29, 1.82) is 5.26 Å². The number of rotatable bonds is 8. The van der Waals surface area contributed by atoms with Crippen LogP contribution in [-0.4, -0.2) is 30.9 Å². The van der Waals surface area contributed by atoms with Crippen molar-refractivity contribution in [3.63, 3.8) is 0 Å². The van der Waals surface area contributed by atoms with Crippen LogP contribution in [0.4, 0.5) is 0 Å². The zero-order valence-electron chi connectivity index (χ0n) is 11.9. The van der Waals surface area contributed by atoms with Gasteiger partial charge in [0.2, 0.25) is 0 Å². The molecule has 0 aliphatic heterocycles. The van der Waals surface area contributed by atoms with Gasteiger partial charge < -0.3 is 15.2 Å². The first-order chi connectivity index (χ1) is 9.67. The Morgan fingerprint density at radius 2 is 2.30 bits per heavy atom. The normalized spacial score (nSPS) is 17.2. The van der Waals surface area contributed by atoms with Gasteiger partial charge in [0.15, 0.2) is 0 Å². The third kappa shape index (κ3) is 4.22. The summed E-state index contributed by atoms with van der Waals surface area (Å²) >= 11 is 0. The van der Waals surface area contributed by atoms with Crippen molar-refractivity contribution in [1.82, 2.24) is 5.32 Å². The van der Waals surface area contributed by atoms with Crippen LogP contribution in [0.15, 0.2) is 24.3 Å². The lowest BCUT2D eigenvalue weighted by Gasteiger charge is -2.17. The van der Waals surface area contributed by atoms with E-state index in [0.29, 0.717) is 23.3 Å². The molecule has 0 spiro atoms. The van der Waals surface area contributed by atoms with Crippen LogP contribution >= 0.6 is 0 Å². The number of aliphatic hydroxyl groups is 1. The quantitative estimate of drug-likeness (QED) is 0.761. The minimum absolute atomic E-state index is 0.237. The van der Waals surface area contributed by atoms with Gasteiger partial charge >= 0.3 is 0 Å². The Balaban J connectivity index is 1.67. The number of aliphatic hydroxyl groups excluding tert-OH is 1. The van der Waals surface area contributed by atoms with E-state index in [-0.39, 0.29) is 6.61 Å². The summed E-state index contributed by atoms with van der Waals surface area (Å²) in [5, 5.41) is 22.0. The molecule has 2 N–H and O–H groups in total. The molecule has 1 aromatic carbocycles. The summed E-state index contributed by atoms with van der Waals surface area (Å²) in [4.78, 5) is 0. The minimum Gasteiger partial charge on any atom is -0.491 e. The van der Waals surface area contributed by atoms with Crippen molar-refractivity contribution >= 4 is 0 Å². The summed E-state index contributed by atoms with van der Waals surface area (Å²) in [6.07, 6.45) is 3.26. The second-order valence-corrected chi connectivity index (χ2v) is 5.59. The van der Waals surface area contributed by atoms with Gasteiger partial charge in [0.05, 0.1) is 11.6 Å². The topological polar surface area (TPSA) is 65.3 Å². The highest BCUT2D eigenvalue weighted by molar-refractivity contribution is 5.36. The van der Waals surface area contributed by atoms with E-state index in [4.69, 9.17) is 10.00 Å². The monoisotopic (exact) mass is 274 g/mol. The maximum atomic E-state index is 9.87. The molecule has 0 saturated heterocycles. The van der Waals surface area contributed by atoms with Crippen molar-refractivity contribution in [2.45, 2.75) is 32.3 Å². The fourth-order valence-corrected chi connectivity index (χ4v) is 2.24. The Kier molecular flexibility index (Phi) is 4.99. The van der Waals surface area contributed by atoms with Crippen molar-refractivity contribution < 1.29 is 9.84 Å². The predicted octanol–water partition coefficient (Wildman–Crippen LogP) is 2.08. The van der Waals surface area contributed by atoms with E-state index in [0.717, 1.165) is 6.54 Å².